The maximum Gasteiger partial charge on any atom is 0.172 e. The minimum Gasteiger partial charge on any atom is -0.492 e. The molecule has 0 amide bonds. The summed E-state index contributed by atoms with van der Waals surface area (Å²) in [6.07, 6.45) is 1.20. The molecular formula is C20H19FN2O4. The summed E-state index contributed by atoms with van der Waals surface area (Å²) >= 11 is 0. The third kappa shape index (κ3) is 4.13. The van der Waals surface area contributed by atoms with Crippen molar-refractivity contribution in [1.82, 2.24) is 0 Å². The summed E-state index contributed by atoms with van der Waals surface area (Å²) in [6.45, 7) is 2.47. The molecule has 3 rings (SSSR count). The van der Waals surface area contributed by atoms with Gasteiger partial charge in [-0.25, -0.2) is 4.39 Å². The Morgan fingerprint density at radius 1 is 1.33 bits per heavy atom. The van der Waals surface area contributed by atoms with Gasteiger partial charge in [-0.3, -0.25) is 4.79 Å². The van der Waals surface area contributed by atoms with E-state index in [1.54, 1.807) is 12.1 Å². The summed E-state index contributed by atoms with van der Waals surface area (Å²) in [5, 5.41) is 7.97. The first kappa shape index (κ1) is 18.6. The van der Waals surface area contributed by atoms with Gasteiger partial charge in [0.2, 0.25) is 0 Å². The molecule has 140 valence electrons. The Morgan fingerprint density at radius 3 is 2.96 bits per heavy atom. The molecule has 0 saturated heterocycles. The van der Waals surface area contributed by atoms with Crippen LogP contribution in [0.2, 0.25) is 0 Å². The molecule has 0 saturated carbocycles. The second kappa shape index (κ2) is 8.44. The predicted molar refractivity (Wildman–Crippen MR) is 98.6 cm³/mol. The van der Waals surface area contributed by atoms with Gasteiger partial charge in [0.25, 0.3) is 0 Å². The quantitative estimate of drug-likeness (QED) is 0.444. The highest BCUT2D eigenvalue weighted by atomic mass is 19.1. The van der Waals surface area contributed by atoms with Crippen molar-refractivity contribution in [2.75, 3.05) is 13.7 Å². The van der Waals surface area contributed by atoms with Gasteiger partial charge in [-0.15, -0.1) is 0 Å². The van der Waals surface area contributed by atoms with Gasteiger partial charge >= 0.3 is 0 Å². The van der Waals surface area contributed by atoms with E-state index in [0.29, 0.717) is 41.9 Å². The minimum absolute atomic E-state index is 0.152. The van der Waals surface area contributed by atoms with Crippen molar-refractivity contribution in [3.8, 4) is 5.75 Å². The number of carbonyl (C=O) groups is 1. The average molecular weight is 370 g/mol. The van der Waals surface area contributed by atoms with Gasteiger partial charge in [0.05, 0.1) is 12.3 Å². The van der Waals surface area contributed by atoms with Crippen LogP contribution in [0.25, 0.3) is 0 Å². The third-order valence-electron chi connectivity index (χ3n) is 4.22. The zero-order chi connectivity index (χ0) is 19.2. The molecule has 2 aromatic carbocycles. The fraction of sp³-hybridized carbons (Fsp3) is 0.250. The lowest BCUT2D eigenvalue weighted by Gasteiger charge is -2.18. The highest BCUT2D eigenvalue weighted by Gasteiger charge is 2.18. The van der Waals surface area contributed by atoms with E-state index in [0.717, 1.165) is 11.1 Å². The van der Waals surface area contributed by atoms with Crippen LogP contribution in [-0.4, -0.2) is 31.4 Å². The van der Waals surface area contributed by atoms with Crippen molar-refractivity contribution in [2.45, 2.75) is 20.0 Å². The second-order valence-electron chi connectivity index (χ2n) is 5.93. The van der Waals surface area contributed by atoms with Gasteiger partial charge in [0.15, 0.2) is 6.29 Å². The van der Waals surface area contributed by atoms with Crippen molar-refractivity contribution in [2.24, 2.45) is 10.3 Å². The Kier molecular flexibility index (Phi) is 5.80. The molecule has 0 N–H and O–H groups in total. The molecule has 0 aromatic heterocycles. The first-order valence-electron chi connectivity index (χ1n) is 8.40. The number of rotatable bonds is 6. The number of ether oxygens (including phenoxy) is 1. The monoisotopic (exact) mass is 370 g/mol. The summed E-state index contributed by atoms with van der Waals surface area (Å²) in [7, 11) is 1.38. The van der Waals surface area contributed by atoms with Crippen molar-refractivity contribution in [3.05, 3.63) is 64.5 Å². The summed E-state index contributed by atoms with van der Waals surface area (Å²) in [5.41, 5.74) is 3.93. The summed E-state index contributed by atoms with van der Waals surface area (Å²) in [5.74, 6) is 0.0925. The van der Waals surface area contributed by atoms with E-state index in [1.165, 1.54) is 19.2 Å². The fourth-order valence-electron chi connectivity index (χ4n) is 2.88. The number of benzene rings is 2. The zero-order valence-electron chi connectivity index (χ0n) is 15.1. The first-order valence-corrected chi connectivity index (χ1v) is 8.40. The molecule has 6 nitrogen and oxygen atoms in total. The molecular weight excluding hydrogens is 351 g/mol. The number of fused-ring (bicyclic) bond motifs is 1. The van der Waals surface area contributed by atoms with Gasteiger partial charge in [-0.1, -0.05) is 28.5 Å². The highest BCUT2D eigenvalue weighted by molar-refractivity contribution is 6.36. The standard InChI is InChI=1S/C20H19FN2O4/c1-13-4-3-5-15(19(11-24)22-25-2)17(13)12-27-23-18-8-9-26-20-10-14(21)6-7-16(18)20/h3-7,10-11H,8-9,12H2,1-2H3/b22-19-,23-18+. The van der Waals surface area contributed by atoms with Gasteiger partial charge in [0.1, 0.15) is 31.0 Å². The minimum atomic E-state index is -0.362. The van der Waals surface area contributed by atoms with Crippen LogP contribution in [0.4, 0.5) is 4.39 Å². The molecule has 27 heavy (non-hydrogen) atoms. The highest BCUT2D eigenvalue weighted by Crippen LogP contribution is 2.26. The molecule has 0 spiro atoms. The molecule has 0 bridgehead atoms. The number of halogens is 1. The van der Waals surface area contributed by atoms with Crippen LogP contribution in [-0.2, 0) is 21.1 Å². The van der Waals surface area contributed by atoms with Crippen molar-refractivity contribution in [1.29, 1.82) is 0 Å². The van der Waals surface area contributed by atoms with Crippen LogP contribution in [0.15, 0.2) is 46.7 Å². The zero-order valence-corrected chi connectivity index (χ0v) is 15.1. The largest absolute Gasteiger partial charge is 0.492 e. The van der Waals surface area contributed by atoms with Crippen LogP contribution >= 0.6 is 0 Å². The fourth-order valence-corrected chi connectivity index (χ4v) is 2.88. The Hall–Kier alpha value is -3.22. The van der Waals surface area contributed by atoms with Crippen LogP contribution in [0.3, 0.4) is 0 Å². The Labute approximate surface area is 156 Å². The van der Waals surface area contributed by atoms with Crippen LogP contribution < -0.4 is 4.74 Å². The van der Waals surface area contributed by atoms with Crippen LogP contribution in [0.1, 0.15) is 28.7 Å². The number of hydrogen-bond acceptors (Lipinski definition) is 6. The lowest BCUT2D eigenvalue weighted by molar-refractivity contribution is -0.102. The maximum absolute atomic E-state index is 13.4. The topological polar surface area (TPSA) is 69.5 Å². The molecule has 2 aromatic rings. The van der Waals surface area contributed by atoms with Crippen LogP contribution in [0, 0.1) is 12.7 Å². The van der Waals surface area contributed by atoms with E-state index < -0.39 is 0 Å². The number of nitrogens with zero attached hydrogens (tertiary/aromatic N) is 2. The number of aryl methyl sites for hydroxylation is 1. The number of carbonyl (C=O) groups excluding carboxylic acids is 1. The van der Waals surface area contributed by atoms with E-state index >= 15 is 0 Å². The molecule has 0 radical (unpaired) electrons. The SMILES string of the molecule is CO/N=C(/C=O)c1cccc(C)c1CO/N=C1\CCOc2cc(F)ccc21. The maximum atomic E-state index is 13.4. The normalized spacial score (nSPS) is 15.1. The van der Waals surface area contributed by atoms with Gasteiger partial charge in [0, 0.05) is 29.2 Å². The lowest BCUT2D eigenvalue weighted by atomic mass is 9.99. The number of aldehydes is 1. The number of oxime groups is 2. The summed E-state index contributed by atoms with van der Waals surface area (Å²) < 4.78 is 18.8. The Balaban J connectivity index is 1.84. The van der Waals surface area contributed by atoms with E-state index in [1.807, 2.05) is 19.1 Å². The summed E-state index contributed by atoms with van der Waals surface area (Å²) in [6, 6.07) is 9.84. The van der Waals surface area contributed by atoms with Crippen molar-refractivity contribution < 1.29 is 23.6 Å². The average Bonchev–Trinajstić information content (AvgIpc) is 2.67. The van der Waals surface area contributed by atoms with E-state index in [9.17, 15) is 9.18 Å². The van der Waals surface area contributed by atoms with Gasteiger partial charge < -0.3 is 14.4 Å². The first-order chi connectivity index (χ1) is 13.1. The van der Waals surface area contributed by atoms with E-state index in [2.05, 4.69) is 10.3 Å². The van der Waals surface area contributed by atoms with Gasteiger partial charge in [-0.05, 0) is 24.6 Å². The summed E-state index contributed by atoms with van der Waals surface area (Å²) in [4.78, 5) is 21.6. The molecule has 0 atom stereocenters. The molecule has 1 heterocycles. The number of hydrogen-bond donors (Lipinski definition) is 0. The smallest absolute Gasteiger partial charge is 0.172 e. The molecule has 0 aliphatic carbocycles. The second-order valence-corrected chi connectivity index (χ2v) is 5.93. The third-order valence-corrected chi connectivity index (χ3v) is 4.22. The molecule has 1 aliphatic rings. The molecule has 0 unspecified atom stereocenters. The lowest BCUT2D eigenvalue weighted by Crippen LogP contribution is -2.17. The predicted octanol–water partition coefficient (Wildman–Crippen LogP) is 3.39. The van der Waals surface area contributed by atoms with Crippen molar-refractivity contribution in [3.63, 3.8) is 0 Å². The van der Waals surface area contributed by atoms with E-state index in [-0.39, 0.29) is 18.1 Å². The van der Waals surface area contributed by atoms with Crippen LogP contribution in [0.5, 0.6) is 5.75 Å². The molecule has 1 aliphatic heterocycles. The van der Waals surface area contributed by atoms with E-state index in [4.69, 9.17) is 14.4 Å². The molecule has 7 heteroatoms. The van der Waals surface area contributed by atoms with Gasteiger partial charge in [-0.2, -0.15) is 0 Å². The Bertz CT molecular complexity index is 909. The Morgan fingerprint density at radius 2 is 2.19 bits per heavy atom. The van der Waals surface area contributed by atoms with Crippen molar-refractivity contribution >= 4 is 17.7 Å². The molecule has 0 fully saturated rings.